The van der Waals surface area contributed by atoms with Crippen molar-refractivity contribution in [1.29, 1.82) is 0 Å². The van der Waals surface area contributed by atoms with Crippen LogP contribution in [0.1, 0.15) is 5.69 Å². The van der Waals surface area contributed by atoms with Crippen molar-refractivity contribution in [2.24, 2.45) is 0 Å². The summed E-state index contributed by atoms with van der Waals surface area (Å²) < 4.78 is 41.2. The van der Waals surface area contributed by atoms with E-state index in [9.17, 15) is 13.2 Å². The number of fused-ring (bicyclic) bond motifs is 1. The summed E-state index contributed by atoms with van der Waals surface area (Å²) >= 11 is 0. The van der Waals surface area contributed by atoms with Crippen LogP contribution in [-0.2, 0) is 6.18 Å². The Kier molecular flexibility index (Phi) is 1.55. The van der Waals surface area contributed by atoms with Gasteiger partial charge in [-0.05, 0) is 12.1 Å². The summed E-state index contributed by atoms with van der Waals surface area (Å²) in [4.78, 5) is 0. The molecule has 0 spiro atoms. The van der Waals surface area contributed by atoms with Crippen LogP contribution in [0, 0.1) is 0 Å². The van der Waals surface area contributed by atoms with E-state index in [4.69, 9.17) is 0 Å². The minimum atomic E-state index is -4.45. The first kappa shape index (κ1) is 8.10. The van der Waals surface area contributed by atoms with Crippen molar-refractivity contribution in [3.05, 3.63) is 30.0 Å². The quantitative estimate of drug-likeness (QED) is 0.633. The van der Waals surface area contributed by atoms with Gasteiger partial charge >= 0.3 is 6.18 Å². The summed E-state index contributed by atoms with van der Waals surface area (Å²) in [6.45, 7) is 0. The van der Waals surface area contributed by atoms with Crippen LogP contribution in [0.15, 0.2) is 28.8 Å². The smallest absolute Gasteiger partial charge is 0.356 e. The normalized spacial score (nSPS) is 12.2. The summed E-state index contributed by atoms with van der Waals surface area (Å²) in [6, 6.07) is 5.87. The van der Waals surface area contributed by atoms with Crippen molar-refractivity contribution < 1.29 is 17.7 Å². The fourth-order valence-electron chi connectivity index (χ4n) is 1.09. The van der Waals surface area contributed by atoms with E-state index in [1.54, 1.807) is 6.07 Å². The third-order valence-electron chi connectivity index (χ3n) is 1.65. The predicted octanol–water partition coefficient (Wildman–Crippen LogP) is 2.85. The third-order valence-corrected chi connectivity index (χ3v) is 1.65. The number of alkyl halides is 3. The van der Waals surface area contributed by atoms with E-state index in [1.165, 1.54) is 18.2 Å². The van der Waals surface area contributed by atoms with Crippen LogP contribution >= 0.6 is 0 Å². The SMILES string of the molecule is FC(F)(F)c1noc2ccccc12. The lowest BCUT2D eigenvalue weighted by molar-refractivity contribution is -0.141. The van der Waals surface area contributed by atoms with Crippen LogP contribution in [0.3, 0.4) is 0 Å². The molecule has 1 aromatic carbocycles. The van der Waals surface area contributed by atoms with Gasteiger partial charge in [0.15, 0.2) is 11.3 Å². The zero-order chi connectivity index (χ0) is 9.47. The maximum Gasteiger partial charge on any atom is 0.437 e. The molecule has 0 saturated heterocycles. The van der Waals surface area contributed by atoms with Gasteiger partial charge < -0.3 is 4.52 Å². The summed E-state index contributed by atoms with van der Waals surface area (Å²) in [6.07, 6.45) is -4.45. The lowest BCUT2D eigenvalue weighted by Gasteiger charge is -1.99. The van der Waals surface area contributed by atoms with Gasteiger partial charge in [-0.25, -0.2) is 0 Å². The Labute approximate surface area is 70.9 Å². The van der Waals surface area contributed by atoms with E-state index in [2.05, 4.69) is 9.68 Å². The topological polar surface area (TPSA) is 26.0 Å². The van der Waals surface area contributed by atoms with Gasteiger partial charge in [-0.3, -0.25) is 0 Å². The van der Waals surface area contributed by atoms with E-state index in [0.717, 1.165) is 0 Å². The van der Waals surface area contributed by atoms with E-state index < -0.39 is 11.9 Å². The number of para-hydroxylation sites is 1. The fraction of sp³-hybridized carbons (Fsp3) is 0.125. The molecule has 0 bridgehead atoms. The highest BCUT2D eigenvalue weighted by atomic mass is 19.4. The molecule has 2 aromatic rings. The lowest BCUT2D eigenvalue weighted by Crippen LogP contribution is -2.05. The van der Waals surface area contributed by atoms with Crippen LogP contribution in [0.2, 0.25) is 0 Å². The number of rotatable bonds is 0. The van der Waals surface area contributed by atoms with Gasteiger partial charge in [0.2, 0.25) is 0 Å². The van der Waals surface area contributed by atoms with Crippen molar-refractivity contribution in [3.63, 3.8) is 0 Å². The molecular formula is C8H4F3NO. The molecule has 1 aromatic heterocycles. The second kappa shape index (κ2) is 2.48. The summed E-state index contributed by atoms with van der Waals surface area (Å²) in [5.74, 6) is 0. The molecule has 2 nitrogen and oxygen atoms in total. The highest BCUT2D eigenvalue weighted by Gasteiger charge is 2.36. The highest BCUT2D eigenvalue weighted by Crippen LogP contribution is 2.33. The number of hydrogen-bond donors (Lipinski definition) is 0. The number of nitrogens with zero attached hydrogens (tertiary/aromatic N) is 1. The maximum atomic E-state index is 12.2. The summed E-state index contributed by atoms with van der Waals surface area (Å²) in [7, 11) is 0. The van der Waals surface area contributed by atoms with Gasteiger partial charge in [0, 0.05) is 0 Å². The van der Waals surface area contributed by atoms with E-state index >= 15 is 0 Å². The Balaban J connectivity index is 2.72. The van der Waals surface area contributed by atoms with E-state index in [-0.39, 0.29) is 11.0 Å². The standard InChI is InChI=1S/C8H4F3NO/c9-8(10,11)7-5-3-1-2-4-6(5)13-12-7/h1-4H. The molecule has 2 rings (SSSR count). The third kappa shape index (κ3) is 1.26. The first-order chi connectivity index (χ1) is 6.09. The zero-order valence-electron chi connectivity index (χ0n) is 6.30. The van der Waals surface area contributed by atoms with Crippen LogP contribution in [0.25, 0.3) is 11.0 Å². The minimum absolute atomic E-state index is 0.00463. The second-order valence-corrected chi connectivity index (χ2v) is 2.53. The maximum absolute atomic E-state index is 12.2. The van der Waals surface area contributed by atoms with Crippen molar-refractivity contribution in [2.75, 3.05) is 0 Å². The number of benzene rings is 1. The number of halogens is 3. The van der Waals surface area contributed by atoms with Crippen molar-refractivity contribution in [1.82, 2.24) is 5.16 Å². The van der Waals surface area contributed by atoms with Crippen LogP contribution in [0.4, 0.5) is 13.2 Å². The zero-order valence-corrected chi connectivity index (χ0v) is 6.30. The Morgan fingerprint density at radius 2 is 1.85 bits per heavy atom. The molecule has 13 heavy (non-hydrogen) atoms. The van der Waals surface area contributed by atoms with Crippen LogP contribution in [-0.4, -0.2) is 5.16 Å². The first-order valence-electron chi connectivity index (χ1n) is 3.50. The van der Waals surface area contributed by atoms with Gasteiger partial charge in [0.25, 0.3) is 0 Å². The van der Waals surface area contributed by atoms with E-state index in [1.807, 2.05) is 0 Å². The molecule has 0 atom stereocenters. The number of hydrogen-bond acceptors (Lipinski definition) is 2. The predicted molar refractivity (Wildman–Crippen MR) is 39.0 cm³/mol. The van der Waals surface area contributed by atoms with Gasteiger partial charge in [0.05, 0.1) is 5.39 Å². The van der Waals surface area contributed by atoms with Gasteiger partial charge in [-0.15, -0.1) is 0 Å². The minimum Gasteiger partial charge on any atom is -0.356 e. The Hall–Kier alpha value is -1.52. The average Bonchev–Trinajstić information content (AvgIpc) is 2.45. The fourth-order valence-corrected chi connectivity index (χ4v) is 1.09. The molecule has 0 amide bonds. The molecule has 0 saturated carbocycles. The van der Waals surface area contributed by atoms with Gasteiger partial charge in [-0.1, -0.05) is 17.3 Å². The Bertz CT molecular complexity index is 432. The molecule has 5 heteroatoms. The molecule has 0 aliphatic carbocycles. The van der Waals surface area contributed by atoms with Crippen molar-refractivity contribution in [2.45, 2.75) is 6.18 Å². The molecule has 68 valence electrons. The van der Waals surface area contributed by atoms with Crippen LogP contribution in [0.5, 0.6) is 0 Å². The molecule has 0 fully saturated rings. The van der Waals surface area contributed by atoms with E-state index in [0.29, 0.717) is 0 Å². The van der Waals surface area contributed by atoms with Gasteiger partial charge in [0.1, 0.15) is 0 Å². The monoisotopic (exact) mass is 187 g/mol. The Morgan fingerprint density at radius 3 is 2.54 bits per heavy atom. The van der Waals surface area contributed by atoms with Crippen molar-refractivity contribution in [3.8, 4) is 0 Å². The van der Waals surface area contributed by atoms with Crippen molar-refractivity contribution >= 4 is 11.0 Å². The highest BCUT2D eigenvalue weighted by molar-refractivity contribution is 5.79. The summed E-state index contributed by atoms with van der Waals surface area (Å²) in [5, 5.41) is 2.96. The van der Waals surface area contributed by atoms with Gasteiger partial charge in [-0.2, -0.15) is 13.2 Å². The largest absolute Gasteiger partial charge is 0.437 e. The average molecular weight is 187 g/mol. The molecule has 0 unspecified atom stereocenters. The number of aromatic nitrogens is 1. The second-order valence-electron chi connectivity index (χ2n) is 2.53. The first-order valence-corrected chi connectivity index (χ1v) is 3.50. The molecule has 0 N–H and O–H groups in total. The molecule has 0 radical (unpaired) electrons. The Morgan fingerprint density at radius 1 is 1.15 bits per heavy atom. The van der Waals surface area contributed by atoms with Crippen LogP contribution < -0.4 is 0 Å². The summed E-state index contributed by atoms with van der Waals surface area (Å²) in [5.41, 5.74) is -0.821. The lowest BCUT2D eigenvalue weighted by atomic mass is 10.2. The molecule has 0 aliphatic heterocycles. The molecule has 1 heterocycles. The molecular weight excluding hydrogens is 183 g/mol. The molecule has 0 aliphatic rings.